The minimum Gasteiger partial charge on any atom is -0.321 e. The first-order valence-electron chi connectivity index (χ1n) is 4.21. The highest BCUT2D eigenvalue weighted by Crippen LogP contribution is 2.05. The number of aromatic nitrogens is 1. The lowest BCUT2D eigenvalue weighted by atomic mass is 10.2. The van der Waals surface area contributed by atoms with Crippen LogP contribution < -0.4 is 0 Å². The van der Waals surface area contributed by atoms with E-state index in [9.17, 15) is 4.39 Å². The van der Waals surface area contributed by atoms with Gasteiger partial charge in [0.15, 0.2) is 5.95 Å². The predicted molar refractivity (Wildman–Crippen MR) is 49.9 cm³/mol. The van der Waals surface area contributed by atoms with Crippen molar-refractivity contribution >= 4 is 0 Å². The van der Waals surface area contributed by atoms with Crippen LogP contribution >= 0.6 is 0 Å². The van der Waals surface area contributed by atoms with E-state index in [0.717, 1.165) is 5.56 Å². The molecule has 0 saturated carbocycles. The molecule has 0 atom stereocenters. The summed E-state index contributed by atoms with van der Waals surface area (Å²) in [7, 11) is 0. The van der Waals surface area contributed by atoms with Crippen LogP contribution in [0.15, 0.2) is 48.7 Å². The third-order valence-electron chi connectivity index (χ3n) is 1.97. The van der Waals surface area contributed by atoms with Gasteiger partial charge in [0.2, 0.25) is 0 Å². The fraction of sp³-hybridized carbons (Fsp3) is 0.0909. The quantitative estimate of drug-likeness (QED) is 0.661. The highest BCUT2D eigenvalue weighted by molar-refractivity contribution is 5.15. The van der Waals surface area contributed by atoms with Crippen LogP contribution in [0.25, 0.3) is 0 Å². The summed E-state index contributed by atoms with van der Waals surface area (Å²) in [6.45, 7) is 0.597. The van der Waals surface area contributed by atoms with E-state index in [1.807, 2.05) is 30.3 Å². The lowest BCUT2D eigenvalue weighted by molar-refractivity contribution is 0.516. The largest absolute Gasteiger partial charge is 0.321 e. The molecule has 1 aromatic carbocycles. The smallest absolute Gasteiger partial charge is 0.193 e. The molecule has 0 amide bonds. The van der Waals surface area contributed by atoms with Crippen molar-refractivity contribution in [1.82, 2.24) is 4.57 Å². The molecule has 2 rings (SSSR count). The Labute approximate surface area is 76.4 Å². The van der Waals surface area contributed by atoms with Gasteiger partial charge in [-0.15, -0.1) is 0 Å². The molecule has 2 heteroatoms. The zero-order chi connectivity index (χ0) is 9.10. The summed E-state index contributed by atoms with van der Waals surface area (Å²) in [5.74, 6) is -0.191. The topological polar surface area (TPSA) is 4.93 Å². The van der Waals surface area contributed by atoms with Crippen molar-refractivity contribution < 1.29 is 4.39 Å². The van der Waals surface area contributed by atoms with Gasteiger partial charge in [-0.2, -0.15) is 4.39 Å². The summed E-state index contributed by atoms with van der Waals surface area (Å²) in [5.41, 5.74) is 1.11. The molecule has 0 radical (unpaired) electrons. The highest BCUT2D eigenvalue weighted by Gasteiger charge is 1.98. The van der Waals surface area contributed by atoms with E-state index in [0.29, 0.717) is 6.54 Å². The highest BCUT2D eigenvalue weighted by atomic mass is 19.1. The molecule has 0 N–H and O–H groups in total. The lowest BCUT2D eigenvalue weighted by Gasteiger charge is -2.03. The minimum atomic E-state index is -0.191. The van der Waals surface area contributed by atoms with Crippen LogP contribution in [0.3, 0.4) is 0 Å². The van der Waals surface area contributed by atoms with Gasteiger partial charge in [0, 0.05) is 12.7 Å². The number of hydrogen-bond donors (Lipinski definition) is 0. The molecule has 0 saturated heterocycles. The maximum atomic E-state index is 13.0. The molecule has 0 aliphatic rings. The van der Waals surface area contributed by atoms with Crippen molar-refractivity contribution in [1.29, 1.82) is 0 Å². The molecular weight excluding hydrogens is 165 g/mol. The Morgan fingerprint density at radius 1 is 1.00 bits per heavy atom. The summed E-state index contributed by atoms with van der Waals surface area (Å²) in [4.78, 5) is 0. The Hall–Kier alpha value is -1.57. The van der Waals surface area contributed by atoms with Crippen molar-refractivity contribution in [2.24, 2.45) is 0 Å². The molecule has 0 aliphatic carbocycles. The van der Waals surface area contributed by atoms with E-state index in [4.69, 9.17) is 0 Å². The van der Waals surface area contributed by atoms with Gasteiger partial charge in [0.05, 0.1) is 0 Å². The van der Waals surface area contributed by atoms with Crippen LogP contribution in [0.4, 0.5) is 4.39 Å². The van der Waals surface area contributed by atoms with Gasteiger partial charge in [0.25, 0.3) is 0 Å². The van der Waals surface area contributed by atoms with Gasteiger partial charge in [-0.05, 0) is 17.7 Å². The Morgan fingerprint density at radius 3 is 2.38 bits per heavy atom. The Balaban J connectivity index is 2.20. The van der Waals surface area contributed by atoms with Crippen LogP contribution in [0.1, 0.15) is 5.56 Å². The average molecular weight is 175 g/mol. The molecule has 1 nitrogen and oxygen atoms in total. The normalized spacial score (nSPS) is 10.2. The van der Waals surface area contributed by atoms with Gasteiger partial charge < -0.3 is 4.57 Å². The van der Waals surface area contributed by atoms with Gasteiger partial charge >= 0.3 is 0 Å². The first-order valence-corrected chi connectivity index (χ1v) is 4.21. The third kappa shape index (κ3) is 1.78. The first-order chi connectivity index (χ1) is 6.36. The monoisotopic (exact) mass is 175 g/mol. The van der Waals surface area contributed by atoms with E-state index in [2.05, 4.69) is 0 Å². The van der Waals surface area contributed by atoms with Crippen LogP contribution in [0.2, 0.25) is 0 Å². The van der Waals surface area contributed by atoms with Crippen LogP contribution in [0, 0.1) is 5.95 Å². The molecule has 66 valence electrons. The van der Waals surface area contributed by atoms with Crippen LogP contribution in [-0.4, -0.2) is 4.57 Å². The molecule has 1 heterocycles. The van der Waals surface area contributed by atoms with Crippen molar-refractivity contribution in [3.63, 3.8) is 0 Å². The molecule has 13 heavy (non-hydrogen) atoms. The van der Waals surface area contributed by atoms with E-state index < -0.39 is 0 Å². The number of benzene rings is 1. The van der Waals surface area contributed by atoms with Crippen molar-refractivity contribution in [2.75, 3.05) is 0 Å². The second-order valence-electron chi connectivity index (χ2n) is 2.94. The molecule has 0 bridgehead atoms. The number of hydrogen-bond acceptors (Lipinski definition) is 0. The summed E-state index contributed by atoms with van der Waals surface area (Å²) in [6, 6.07) is 13.0. The summed E-state index contributed by atoms with van der Waals surface area (Å²) in [5, 5.41) is 0. The van der Waals surface area contributed by atoms with Crippen molar-refractivity contribution in [3.8, 4) is 0 Å². The lowest BCUT2D eigenvalue weighted by Crippen LogP contribution is -1.99. The van der Waals surface area contributed by atoms with Gasteiger partial charge in [-0.3, -0.25) is 0 Å². The van der Waals surface area contributed by atoms with Crippen molar-refractivity contribution in [2.45, 2.75) is 6.54 Å². The van der Waals surface area contributed by atoms with Crippen molar-refractivity contribution in [3.05, 3.63) is 60.2 Å². The molecular formula is C11H10FN. The fourth-order valence-electron chi connectivity index (χ4n) is 1.30. The van der Waals surface area contributed by atoms with Gasteiger partial charge in [-0.1, -0.05) is 30.3 Å². The third-order valence-corrected chi connectivity index (χ3v) is 1.97. The average Bonchev–Trinajstić information content (AvgIpc) is 2.54. The second-order valence-corrected chi connectivity index (χ2v) is 2.94. The summed E-state index contributed by atoms with van der Waals surface area (Å²) in [6.07, 6.45) is 1.74. The standard InChI is InChI=1S/C11H10FN/c12-11-7-4-8-13(11)9-10-5-2-1-3-6-10/h1-8H,9H2. The van der Waals surface area contributed by atoms with E-state index in [-0.39, 0.29) is 5.95 Å². The first kappa shape index (κ1) is 8.05. The van der Waals surface area contributed by atoms with E-state index in [1.165, 1.54) is 6.07 Å². The molecule has 2 aromatic rings. The van der Waals surface area contributed by atoms with E-state index >= 15 is 0 Å². The Kier molecular flexibility index (Phi) is 2.13. The predicted octanol–water partition coefficient (Wildman–Crippen LogP) is 2.68. The Morgan fingerprint density at radius 2 is 1.77 bits per heavy atom. The Bertz CT molecular complexity index is 378. The van der Waals surface area contributed by atoms with Gasteiger partial charge in [0.1, 0.15) is 0 Å². The molecule has 0 fully saturated rings. The molecule has 0 unspecified atom stereocenters. The van der Waals surface area contributed by atoms with Crippen LogP contribution in [0.5, 0.6) is 0 Å². The fourth-order valence-corrected chi connectivity index (χ4v) is 1.30. The zero-order valence-electron chi connectivity index (χ0n) is 7.15. The zero-order valence-corrected chi connectivity index (χ0v) is 7.15. The maximum Gasteiger partial charge on any atom is 0.193 e. The number of nitrogens with zero attached hydrogens (tertiary/aromatic N) is 1. The van der Waals surface area contributed by atoms with E-state index in [1.54, 1.807) is 16.8 Å². The summed E-state index contributed by atoms with van der Waals surface area (Å²) < 4.78 is 14.6. The second kappa shape index (κ2) is 3.44. The minimum absolute atomic E-state index is 0.191. The molecule has 0 spiro atoms. The number of rotatable bonds is 2. The SMILES string of the molecule is Fc1cccn1Cc1ccccc1. The van der Waals surface area contributed by atoms with Gasteiger partial charge in [-0.25, -0.2) is 0 Å². The maximum absolute atomic E-state index is 13.0. The molecule has 0 aliphatic heterocycles. The van der Waals surface area contributed by atoms with Crippen LogP contribution in [-0.2, 0) is 6.54 Å². The molecule has 1 aromatic heterocycles. The number of halogens is 1. The summed E-state index contributed by atoms with van der Waals surface area (Å²) >= 11 is 0.